The zero-order chi connectivity index (χ0) is 9.78. The molecule has 0 fully saturated rings. The molecule has 0 aliphatic rings. The molecule has 0 heterocycles. The highest BCUT2D eigenvalue weighted by molar-refractivity contribution is 7.85. The van der Waals surface area contributed by atoms with E-state index < -0.39 is 10.1 Å². The molecule has 5 heteroatoms. The van der Waals surface area contributed by atoms with E-state index in [1.165, 1.54) is 0 Å². The molecule has 0 saturated heterocycles. The standard InChI is InChI=1S/C7H17NO3S/c1-7(5-8(2)3)6-11-12(4,9)10/h7H,5-6H2,1-4H3/t7-/m1/s1. The van der Waals surface area contributed by atoms with Crippen molar-refractivity contribution in [2.45, 2.75) is 6.92 Å². The van der Waals surface area contributed by atoms with Crippen LogP contribution >= 0.6 is 0 Å². The molecule has 0 radical (unpaired) electrons. The summed E-state index contributed by atoms with van der Waals surface area (Å²) in [5.74, 6) is 0.231. The molecule has 0 spiro atoms. The average molecular weight is 195 g/mol. The minimum Gasteiger partial charge on any atom is -0.309 e. The van der Waals surface area contributed by atoms with E-state index in [9.17, 15) is 8.42 Å². The lowest BCUT2D eigenvalue weighted by molar-refractivity contribution is 0.228. The van der Waals surface area contributed by atoms with Crippen LogP contribution in [0.2, 0.25) is 0 Å². The van der Waals surface area contributed by atoms with E-state index in [-0.39, 0.29) is 12.5 Å². The molecule has 0 amide bonds. The lowest BCUT2D eigenvalue weighted by Crippen LogP contribution is -2.23. The van der Waals surface area contributed by atoms with E-state index in [1.807, 2.05) is 25.9 Å². The molecule has 0 aromatic heterocycles. The monoisotopic (exact) mass is 195 g/mol. The van der Waals surface area contributed by atoms with Gasteiger partial charge in [-0.15, -0.1) is 0 Å². The Bertz CT molecular complexity index is 211. The minimum absolute atomic E-state index is 0.231. The number of hydrogen-bond donors (Lipinski definition) is 0. The van der Waals surface area contributed by atoms with Gasteiger partial charge in [0.2, 0.25) is 0 Å². The largest absolute Gasteiger partial charge is 0.309 e. The lowest BCUT2D eigenvalue weighted by Gasteiger charge is -2.15. The highest BCUT2D eigenvalue weighted by Crippen LogP contribution is 1.99. The van der Waals surface area contributed by atoms with Gasteiger partial charge in [0.1, 0.15) is 0 Å². The van der Waals surface area contributed by atoms with Crippen molar-refractivity contribution in [1.29, 1.82) is 0 Å². The maximum absolute atomic E-state index is 10.6. The SMILES string of the molecule is C[C@@H](COS(C)(=O)=O)CN(C)C. The van der Waals surface area contributed by atoms with Crippen LogP contribution in [0.5, 0.6) is 0 Å². The highest BCUT2D eigenvalue weighted by atomic mass is 32.2. The van der Waals surface area contributed by atoms with Gasteiger partial charge in [-0.1, -0.05) is 6.92 Å². The summed E-state index contributed by atoms with van der Waals surface area (Å²) in [4.78, 5) is 2.00. The molecule has 0 unspecified atom stereocenters. The first-order valence-corrected chi connectivity index (χ1v) is 5.62. The third-order valence-corrected chi connectivity index (χ3v) is 1.81. The third-order valence-electron chi connectivity index (χ3n) is 1.24. The molecule has 0 aromatic rings. The van der Waals surface area contributed by atoms with Crippen LogP contribution < -0.4 is 0 Å². The van der Waals surface area contributed by atoms with E-state index in [0.29, 0.717) is 0 Å². The first kappa shape index (κ1) is 11.9. The fraction of sp³-hybridized carbons (Fsp3) is 1.00. The molecular weight excluding hydrogens is 178 g/mol. The molecule has 0 N–H and O–H groups in total. The smallest absolute Gasteiger partial charge is 0.264 e. The first-order chi connectivity index (χ1) is 5.31. The van der Waals surface area contributed by atoms with E-state index in [0.717, 1.165) is 12.8 Å². The molecular formula is C7H17NO3S. The first-order valence-electron chi connectivity index (χ1n) is 3.80. The van der Waals surface area contributed by atoms with Gasteiger partial charge in [0.25, 0.3) is 10.1 Å². The minimum atomic E-state index is -3.27. The number of rotatable bonds is 5. The van der Waals surface area contributed by atoms with Gasteiger partial charge in [-0.25, -0.2) is 0 Å². The Labute approximate surface area is 74.6 Å². The summed E-state index contributed by atoms with van der Waals surface area (Å²) in [5.41, 5.74) is 0. The van der Waals surface area contributed by atoms with E-state index in [1.54, 1.807) is 0 Å². The van der Waals surface area contributed by atoms with Crippen LogP contribution in [0, 0.1) is 5.92 Å². The molecule has 1 atom stereocenters. The van der Waals surface area contributed by atoms with Gasteiger partial charge in [0, 0.05) is 6.54 Å². The fourth-order valence-electron chi connectivity index (χ4n) is 0.916. The topological polar surface area (TPSA) is 46.6 Å². The Kier molecular flexibility index (Phi) is 4.74. The predicted molar refractivity (Wildman–Crippen MR) is 48.5 cm³/mol. The second-order valence-electron chi connectivity index (χ2n) is 3.36. The highest BCUT2D eigenvalue weighted by Gasteiger charge is 2.07. The van der Waals surface area contributed by atoms with E-state index >= 15 is 0 Å². The Hall–Kier alpha value is -0.130. The van der Waals surface area contributed by atoms with Crippen molar-refractivity contribution in [3.8, 4) is 0 Å². The summed E-state index contributed by atoms with van der Waals surface area (Å²) in [7, 11) is 0.609. The summed E-state index contributed by atoms with van der Waals surface area (Å²) in [6, 6.07) is 0. The Morgan fingerprint density at radius 1 is 1.42 bits per heavy atom. The predicted octanol–water partition coefficient (Wildman–Crippen LogP) is 0.160. The van der Waals surface area contributed by atoms with E-state index in [4.69, 9.17) is 0 Å². The van der Waals surface area contributed by atoms with Crippen molar-refractivity contribution in [2.24, 2.45) is 5.92 Å². The summed E-state index contributed by atoms with van der Waals surface area (Å²) < 4.78 is 25.8. The maximum Gasteiger partial charge on any atom is 0.264 e. The molecule has 0 bridgehead atoms. The second-order valence-corrected chi connectivity index (χ2v) is 5.00. The Morgan fingerprint density at radius 3 is 2.25 bits per heavy atom. The van der Waals surface area contributed by atoms with Gasteiger partial charge in [-0.05, 0) is 20.0 Å². The van der Waals surface area contributed by atoms with Crippen LogP contribution in [0.25, 0.3) is 0 Å². The van der Waals surface area contributed by atoms with E-state index in [2.05, 4.69) is 4.18 Å². The number of nitrogens with zero attached hydrogens (tertiary/aromatic N) is 1. The van der Waals surface area contributed by atoms with Crippen molar-refractivity contribution >= 4 is 10.1 Å². The quantitative estimate of drug-likeness (QED) is 0.586. The molecule has 0 aliphatic heterocycles. The van der Waals surface area contributed by atoms with Crippen molar-refractivity contribution < 1.29 is 12.6 Å². The molecule has 12 heavy (non-hydrogen) atoms. The zero-order valence-corrected chi connectivity index (χ0v) is 8.89. The van der Waals surface area contributed by atoms with Crippen LogP contribution in [0.1, 0.15) is 6.92 Å². The summed E-state index contributed by atoms with van der Waals surface area (Å²) in [6.45, 7) is 3.04. The summed E-state index contributed by atoms with van der Waals surface area (Å²) >= 11 is 0. The van der Waals surface area contributed by atoms with Gasteiger partial charge in [-0.2, -0.15) is 8.42 Å². The van der Waals surface area contributed by atoms with Crippen LogP contribution in [0.15, 0.2) is 0 Å². The zero-order valence-electron chi connectivity index (χ0n) is 8.07. The molecule has 0 rings (SSSR count). The second kappa shape index (κ2) is 4.79. The summed E-state index contributed by atoms with van der Waals surface area (Å²) in [6.07, 6.45) is 1.06. The Morgan fingerprint density at radius 2 is 1.92 bits per heavy atom. The van der Waals surface area contributed by atoms with Crippen molar-refractivity contribution in [1.82, 2.24) is 4.90 Å². The van der Waals surface area contributed by atoms with Crippen LogP contribution in [0.4, 0.5) is 0 Å². The summed E-state index contributed by atoms with van der Waals surface area (Å²) in [5, 5.41) is 0. The average Bonchev–Trinajstić information content (AvgIpc) is 1.80. The van der Waals surface area contributed by atoms with Crippen LogP contribution in [0.3, 0.4) is 0 Å². The normalized spacial score (nSPS) is 15.1. The van der Waals surface area contributed by atoms with Gasteiger partial charge in [-0.3, -0.25) is 4.18 Å². The fourth-order valence-corrected chi connectivity index (χ4v) is 1.40. The van der Waals surface area contributed by atoms with Gasteiger partial charge in [0.05, 0.1) is 12.9 Å². The molecule has 4 nitrogen and oxygen atoms in total. The van der Waals surface area contributed by atoms with Crippen molar-refractivity contribution in [3.63, 3.8) is 0 Å². The van der Waals surface area contributed by atoms with Gasteiger partial charge < -0.3 is 4.90 Å². The lowest BCUT2D eigenvalue weighted by atomic mass is 10.2. The van der Waals surface area contributed by atoms with Crippen molar-refractivity contribution in [3.05, 3.63) is 0 Å². The molecule has 0 aromatic carbocycles. The van der Waals surface area contributed by atoms with Gasteiger partial charge >= 0.3 is 0 Å². The number of hydrogen-bond acceptors (Lipinski definition) is 4. The Balaban J connectivity index is 3.65. The third kappa shape index (κ3) is 7.97. The maximum atomic E-state index is 10.6. The molecule has 0 aliphatic carbocycles. The van der Waals surface area contributed by atoms with Gasteiger partial charge in [0.15, 0.2) is 0 Å². The van der Waals surface area contributed by atoms with Crippen LogP contribution in [-0.2, 0) is 14.3 Å². The molecule has 0 saturated carbocycles. The molecule has 74 valence electrons. The van der Waals surface area contributed by atoms with Crippen LogP contribution in [-0.4, -0.2) is 46.8 Å². The van der Waals surface area contributed by atoms with Crippen molar-refractivity contribution in [2.75, 3.05) is 33.5 Å².